The molecule has 3 N–H and O–H groups in total. The number of aliphatic hydroxyl groups is 1. The predicted molar refractivity (Wildman–Crippen MR) is 267 cm³/mol. The summed E-state index contributed by atoms with van der Waals surface area (Å²) >= 11 is 3.06. The van der Waals surface area contributed by atoms with E-state index in [4.69, 9.17) is 18.5 Å². The van der Waals surface area contributed by atoms with Crippen molar-refractivity contribution < 1.29 is 42.8 Å². The van der Waals surface area contributed by atoms with Crippen molar-refractivity contribution >= 4 is 46.3 Å². The standard InChI is InChI=1S/C52H62N8O9S2/c1-9-38(56-50(63)40-19-36(61)23-59(40)51(64)45(28(2)3)42-18-30(6)57-68-42)33-14-16-35(17-15-33)48-39(55-27-71-48)25-67-37-20-41(60(24-37)52(65)46(29(4)5)43-21-44(66-8)58-69-43)49(62)53-22-32-10-12-34(13-11-32)47-31(7)54-26-70-47/h10-18,21,26-29,36-38,40-41,45-46,61H,9,19-20,22-25H2,1-8H3,(H,53,62)(H,56,63)/t36-,37-,38+,40+,41+,45-,46-/m1/s1. The van der Waals surface area contributed by atoms with Gasteiger partial charge < -0.3 is 44.1 Å². The van der Waals surface area contributed by atoms with Gasteiger partial charge in [-0.2, -0.15) is 0 Å². The SMILES string of the molecule is CC[C@H](NC(=O)[C@@H]1C[C@@H](O)CN1C(=O)[C@@H](c1cc(C)no1)C(C)C)c1ccc(-c2scnc2CO[C@@H]2C[C@@H](C(=O)NCc3ccc(-c4scnc4C)cc3)N(C(=O)[C@@H](c3cc(OC)no3)C(C)C)C2)cc1. The van der Waals surface area contributed by atoms with Gasteiger partial charge in [-0.15, -0.1) is 22.7 Å². The summed E-state index contributed by atoms with van der Waals surface area (Å²) in [5, 5.41) is 24.8. The number of hydrogen-bond acceptors (Lipinski definition) is 15. The third-order valence-corrected chi connectivity index (χ3v) is 15.3. The zero-order valence-electron chi connectivity index (χ0n) is 41.3. The largest absolute Gasteiger partial charge is 0.479 e. The van der Waals surface area contributed by atoms with Gasteiger partial charge in [-0.1, -0.05) is 88.3 Å². The van der Waals surface area contributed by atoms with Crippen LogP contribution < -0.4 is 15.4 Å². The van der Waals surface area contributed by atoms with Gasteiger partial charge in [-0.3, -0.25) is 19.2 Å². The molecule has 0 unspecified atom stereocenters. The summed E-state index contributed by atoms with van der Waals surface area (Å²) < 4.78 is 22.9. The Labute approximate surface area is 421 Å². The van der Waals surface area contributed by atoms with Crippen molar-refractivity contribution in [2.45, 2.75) is 123 Å². The van der Waals surface area contributed by atoms with Crippen LogP contribution in [0.2, 0.25) is 0 Å². The van der Waals surface area contributed by atoms with Crippen LogP contribution in [0.3, 0.4) is 0 Å². The third-order valence-electron chi connectivity index (χ3n) is 13.4. The summed E-state index contributed by atoms with van der Waals surface area (Å²) in [7, 11) is 1.48. The second-order valence-electron chi connectivity index (χ2n) is 19.1. The summed E-state index contributed by atoms with van der Waals surface area (Å²) in [4.78, 5) is 70.7. The molecule has 2 aliphatic rings. The number of aromatic nitrogens is 4. The van der Waals surface area contributed by atoms with E-state index in [9.17, 15) is 24.3 Å². The number of aryl methyl sites for hydroxylation is 2. The highest BCUT2D eigenvalue weighted by atomic mass is 32.1. The Kier molecular flexibility index (Phi) is 16.1. The molecular weight excluding hydrogens is 945 g/mol. The molecule has 0 saturated carbocycles. The molecule has 71 heavy (non-hydrogen) atoms. The summed E-state index contributed by atoms with van der Waals surface area (Å²) in [5.74, 6) is -1.79. The van der Waals surface area contributed by atoms with Crippen molar-refractivity contribution in [1.29, 1.82) is 0 Å². The Morgan fingerprint density at radius 2 is 1.39 bits per heavy atom. The van der Waals surface area contributed by atoms with E-state index in [2.05, 4.69) is 30.9 Å². The molecule has 0 aliphatic carbocycles. The fraction of sp³-hybridized carbons (Fsp3) is 0.462. The first-order valence-corrected chi connectivity index (χ1v) is 25.8. The number of aliphatic hydroxyl groups excluding tert-OH is 1. The first-order valence-electron chi connectivity index (χ1n) is 24.1. The molecule has 376 valence electrons. The molecule has 4 aromatic heterocycles. The van der Waals surface area contributed by atoms with Gasteiger partial charge in [-0.25, -0.2) is 9.97 Å². The van der Waals surface area contributed by atoms with Crippen molar-refractivity contribution in [3.63, 3.8) is 0 Å². The molecule has 6 aromatic rings. The summed E-state index contributed by atoms with van der Waals surface area (Å²) in [5.41, 5.74) is 9.70. The maximum atomic E-state index is 14.5. The number of amides is 4. The maximum absolute atomic E-state index is 14.5. The number of thiazole rings is 2. The van der Waals surface area contributed by atoms with E-state index in [1.54, 1.807) is 40.8 Å². The van der Waals surface area contributed by atoms with Crippen LogP contribution in [0, 0.1) is 25.7 Å². The molecular formula is C52H62N8O9S2. The fourth-order valence-corrected chi connectivity index (χ4v) is 11.2. The topological polar surface area (TPSA) is 215 Å². The van der Waals surface area contributed by atoms with Crippen LogP contribution in [0.4, 0.5) is 0 Å². The number of carbonyl (C=O) groups is 4. The minimum absolute atomic E-state index is 0.0514. The van der Waals surface area contributed by atoms with Crippen molar-refractivity contribution in [2.75, 3.05) is 20.2 Å². The summed E-state index contributed by atoms with van der Waals surface area (Å²) in [6.07, 6.45) is -0.318. The molecule has 17 nitrogen and oxygen atoms in total. The average molecular weight is 1010 g/mol. The van der Waals surface area contributed by atoms with Crippen molar-refractivity contribution in [3.8, 4) is 26.8 Å². The zero-order valence-corrected chi connectivity index (χ0v) is 42.9. The van der Waals surface area contributed by atoms with Crippen molar-refractivity contribution in [1.82, 2.24) is 40.7 Å². The number of rotatable bonds is 19. The quantitative estimate of drug-likeness (QED) is 0.0709. The highest BCUT2D eigenvalue weighted by molar-refractivity contribution is 7.13. The molecule has 2 fully saturated rings. The van der Waals surface area contributed by atoms with E-state index in [-0.39, 0.29) is 86.5 Å². The highest BCUT2D eigenvalue weighted by Crippen LogP contribution is 2.36. The van der Waals surface area contributed by atoms with Gasteiger partial charge in [0.1, 0.15) is 29.7 Å². The third kappa shape index (κ3) is 11.4. The molecule has 2 saturated heterocycles. The van der Waals surface area contributed by atoms with Crippen LogP contribution >= 0.6 is 22.7 Å². The number of β-amino-alcohol motifs (C(OH)–C–C–N with tert-alkyl or cyclic N) is 1. The number of ether oxygens (including phenoxy) is 2. The van der Waals surface area contributed by atoms with E-state index in [0.29, 0.717) is 29.3 Å². The highest BCUT2D eigenvalue weighted by Gasteiger charge is 2.45. The molecule has 6 heterocycles. The Balaban J connectivity index is 0.930. The van der Waals surface area contributed by atoms with Crippen LogP contribution in [0.25, 0.3) is 20.9 Å². The summed E-state index contributed by atoms with van der Waals surface area (Å²) in [6, 6.07) is 17.3. The maximum Gasteiger partial charge on any atom is 0.254 e. The molecule has 7 atom stereocenters. The molecule has 0 spiro atoms. The van der Waals surface area contributed by atoms with E-state index in [1.807, 2.05) is 95.6 Å². The molecule has 8 rings (SSSR count). The zero-order chi connectivity index (χ0) is 50.5. The Bertz CT molecular complexity index is 2780. The first kappa shape index (κ1) is 51.1. The average Bonchev–Trinajstić information content (AvgIpc) is 4.23. The van der Waals surface area contributed by atoms with E-state index >= 15 is 0 Å². The van der Waals surface area contributed by atoms with Gasteiger partial charge in [0.2, 0.25) is 23.6 Å². The molecule has 0 radical (unpaired) electrons. The van der Waals surface area contributed by atoms with Crippen LogP contribution in [0.15, 0.2) is 80.7 Å². The minimum atomic E-state index is -0.845. The van der Waals surface area contributed by atoms with Gasteiger partial charge >= 0.3 is 0 Å². The number of benzene rings is 2. The van der Waals surface area contributed by atoms with Gasteiger partial charge in [-0.05, 0) is 59.5 Å². The van der Waals surface area contributed by atoms with Crippen LogP contribution in [0.5, 0.6) is 5.88 Å². The number of methoxy groups -OCH3 is 1. The smallest absolute Gasteiger partial charge is 0.254 e. The summed E-state index contributed by atoms with van der Waals surface area (Å²) in [6.45, 7) is 14.1. The normalized spacial score (nSPS) is 19.3. The fourth-order valence-electron chi connectivity index (χ4n) is 9.61. The molecule has 19 heteroatoms. The Morgan fingerprint density at radius 3 is 2.00 bits per heavy atom. The number of likely N-dealkylation sites (tertiary alicyclic amines) is 2. The van der Waals surface area contributed by atoms with E-state index in [1.165, 1.54) is 23.3 Å². The number of hydrogen-bond donors (Lipinski definition) is 3. The van der Waals surface area contributed by atoms with Gasteiger partial charge in [0.25, 0.3) is 5.88 Å². The van der Waals surface area contributed by atoms with Crippen LogP contribution in [-0.4, -0.2) is 103 Å². The number of nitrogens with one attached hydrogen (secondary N) is 2. The predicted octanol–water partition coefficient (Wildman–Crippen LogP) is 7.75. The molecule has 4 amide bonds. The van der Waals surface area contributed by atoms with Crippen LogP contribution in [-0.2, 0) is 37.1 Å². The lowest BCUT2D eigenvalue weighted by molar-refractivity contribution is -0.141. The Hall–Kier alpha value is -6.28. The van der Waals surface area contributed by atoms with Crippen molar-refractivity contribution in [2.24, 2.45) is 11.8 Å². The second-order valence-corrected chi connectivity index (χ2v) is 20.8. The molecule has 2 aliphatic heterocycles. The lowest BCUT2D eigenvalue weighted by atomic mass is 9.91. The lowest BCUT2D eigenvalue weighted by Crippen LogP contribution is -2.48. The van der Waals surface area contributed by atoms with Gasteiger partial charge in [0, 0.05) is 44.6 Å². The van der Waals surface area contributed by atoms with Crippen LogP contribution in [0.1, 0.15) is 111 Å². The number of carbonyl (C=O) groups excluding carboxylic acids is 4. The van der Waals surface area contributed by atoms with Crippen molar-refractivity contribution in [3.05, 3.63) is 111 Å². The van der Waals surface area contributed by atoms with E-state index < -0.39 is 36.1 Å². The monoisotopic (exact) mass is 1010 g/mol. The molecule has 0 bridgehead atoms. The van der Waals surface area contributed by atoms with Gasteiger partial charge in [0.15, 0.2) is 5.76 Å². The Morgan fingerprint density at radius 1 is 0.789 bits per heavy atom. The van der Waals surface area contributed by atoms with Gasteiger partial charge in [0.05, 0.1) is 69.8 Å². The van der Waals surface area contributed by atoms with E-state index in [0.717, 1.165) is 37.7 Å². The molecule has 2 aromatic carbocycles. The first-order chi connectivity index (χ1) is 34.1. The minimum Gasteiger partial charge on any atom is -0.479 e. The number of nitrogens with zero attached hydrogens (tertiary/aromatic N) is 6. The lowest BCUT2D eigenvalue weighted by Gasteiger charge is -2.30. The second kappa shape index (κ2) is 22.4.